The molecule has 0 aromatic carbocycles. The van der Waals surface area contributed by atoms with Crippen LogP contribution in [0.3, 0.4) is 0 Å². The van der Waals surface area contributed by atoms with E-state index in [4.69, 9.17) is 11.5 Å². The van der Waals surface area contributed by atoms with Gasteiger partial charge in [-0.25, -0.2) is 0 Å². The van der Waals surface area contributed by atoms with E-state index in [-0.39, 0.29) is 5.91 Å². The molecule has 0 unspecified atom stereocenters. The number of primary amides is 1. The zero-order valence-corrected chi connectivity index (χ0v) is 14.5. The number of carbonyl (C=O) groups excluding carboxylic acids is 1. The molecule has 1 aliphatic heterocycles. The lowest BCUT2D eigenvalue weighted by Gasteiger charge is -2.26. The van der Waals surface area contributed by atoms with E-state index in [2.05, 4.69) is 11.8 Å². The van der Waals surface area contributed by atoms with Crippen LogP contribution >= 0.6 is 11.3 Å². The Morgan fingerprint density at radius 1 is 1.18 bits per heavy atom. The largest absolute Gasteiger partial charge is 0.390 e. The number of nitrogens with two attached hydrogens (primary N) is 2. The Morgan fingerprint density at radius 2 is 1.86 bits per heavy atom. The second-order valence-electron chi connectivity index (χ2n) is 6.25. The summed E-state index contributed by atoms with van der Waals surface area (Å²) in [6.07, 6.45) is 10.3. The highest BCUT2D eigenvalue weighted by Crippen LogP contribution is 2.34. The van der Waals surface area contributed by atoms with Gasteiger partial charge in [0.2, 0.25) is 0 Å². The third-order valence-electron chi connectivity index (χ3n) is 4.49. The molecule has 0 bridgehead atoms. The zero-order chi connectivity index (χ0) is 15.9. The van der Waals surface area contributed by atoms with Gasteiger partial charge in [-0.2, -0.15) is 0 Å². The Kier molecular flexibility index (Phi) is 6.70. The van der Waals surface area contributed by atoms with Crippen molar-refractivity contribution in [2.24, 2.45) is 5.73 Å². The first-order valence-corrected chi connectivity index (χ1v) is 9.37. The molecule has 0 spiro atoms. The predicted molar refractivity (Wildman–Crippen MR) is 94.2 cm³/mol. The quantitative estimate of drug-likeness (QED) is 0.683. The highest BCUT2D eigenvalue weighted by molar-refractivity contribution is 7.16. The number of hydrogen-bond acceptors (Lipinski definition) is 4. The van der Waals surface area contributed by atoms with E-state index in [9.17, 15) is 4.79 Å². The van der Waals surface area contributed by atoms with Gasteiger partial charge < -0.3 is 11.5 Å². The molecule has 124 valence electrons. The van der Waals surface area contributed by atoms with E-state index in [1.807, 2.05) is 0 Å². The standard InChI is InChI=1S/C17H29N3OS/c1-2-3-4-5-6-7-8-10-20-11-9-13-14(12-20)22-17(19)15(13)16(18)21/h2-12,19H2,1H3,(H2,18,21). The van der Waals surface area contributed by atoms with Crippen molar-refractivity contribution in [3.63, 3.8) is 0 Å². The molecule has 4 N–H and O–H groups in total. The number of carbonyl (C=O) groups is 1. The van der Waals surface area contributed by atoms with Crippen LogP contribution in [0.25, 0.3) is 0 Å². The van der Waals surface area contributed by atoms with Gasteiger partial charge >= 0.3 is 0 Å². The summed E-state index contributed by atoms with van der Waals surface area (Å²) in [5, 5.41) is 0.593. The fourth-order valence-corrected chi connectivity index (χ4v) is 4.40. The van der Waals surface area contributed by atoms with Crippen molar-refractivity contribution in [3.05, 3.63) is 16.0 Å². The van der Waals surface area contributed by atoms with Gasteiger partial charge in [0.25, 0.3) is 5.91 Å². The molecule has 1 amide bonds. The summed E-state index contributed by atoms with van der Waals surface area (Å²) in [5.41, 5.74) is 13.1. The molecule has 1 aromatic heterocycles. The highest BCUT2D eigenvalue weighted by Gasteiger charge is 2.25. The summed E-state index contributed by atoms with van der Waals surface area (Å²) in [6.45, 7) is 5.34. The highest BCUT2D eigenvalue weighted by atomic mass is 32.1. The lowest BCUT2D eigenvalue weighted by molar-refractivity contribution is 0.1000. The number of rotatable bonds is 9. The van der Waals surface area contributed by atoms with Crippen LogP contribution in [0.5, 0.6) is 0 Å². The molecule has 1 aliphatic rings. The molecule has 5 heteroatoms. The molecule has 4 nitrogen and oxygen atoms in total. The number of nitrogen functional groups attached to an aromatic ring is 1. The Bertz CT molecular complexity index is 498. The Balaban J connectivity index is 1.74. The zero-order valence-electron chi connectivity index (χ0n) is 13.7. The summed E-state index contributed by atoms with van der Waals surface area (Å²) in [4.78, 5) is 15.2. The van der Waals surface area contributed by atoms with E-state index >= 15 is 0 Å². The second-order valence-corrected chi connectivity index (χ2v) is 7.39. The molecule has 0 saturated carbocycles. The number of fused-ring (bicyclic) bond motifs is 1. The average Bonchev–Trinajstić information content (AvgIpc) is 2.81. The van der Waals surface area contributed by atoms with E-state index in [0.29, 0.717) is 10.6 Å². The first kappa shape index (κ1) is 17.3. The minimum absolute atomic E-state index is 0.379. The second kappa shape index (κ2) is 8.53. The lowest BCUT2D eigenvalue weighted by Crippen LogP contribution is -2.31. The van der Waals surface area contributed by atoms with E-state index < -0.39 is 0 Å². The monoisotopic (exact) mass is 323 g/mol. The summed E-state index contributed by atoms with van der Waals surface area (Å²) in [5.74, 6) is -0.379. The average molecular weight is 324 g/mol. The molecule has 0 aliphatic carbocycles. The molecule has 0 fully saturated rings. The number of hydrogen-bond donors (Lipinski definition) is 2. The van der Waals surface area contributed by atoms with Crippen LogP contribution in [0.2, 0.25) is 0 Å². The smallest absolute Gasteiger partial charge is 0.251 e. The summed E-state index contributed by atoms with van der Waals surface area (Å²) in [6, 6.07) is 0. The summed E-state index contributed by atoms with van der Waals surface area (Å²) >= 11 is 1.54. The van der Waals surface area contributed by atoms with Crippen molar-refractivity contribution in [1.29, 1.82) is 0 Å². The summed E-state index contributed by atoms with van der Waals surface area (Å²) in [7, 11) is 0. The maximum atomic E-state index is 11.5. The van der Waals surface area contributed by atoms with Gasteiger partial charge in [-0.15, -0.1) is 11.3 Å². The van der Waals surface area contributed by atoms with Crippen molar-refractivity contribution in [1.82, 2.24) is 4.90 Å². The first-order chi connectivity index (χ1) is 10.6. The van der Waals surface area contributed by atoms with Gasteiger partial charge in [-0.05, 0) is 24.9 Å². The lowest BCUT2D eigenvalue weighted by atomic mass is 10.0. The van der Waals surface area contributed by atoms with Crippen molar-refractivity contribution in [2.45, 2.75) is 64.8 Å². The van der Waals surface area contributed by atoms with Crippen LogP contribution in [-0.2, 0) is 13.0 Å². The van der Waals surface area contributed by atoms with Gasteiger partial charge in [-0.3, -0.25) is 9.69 Å². The van der Waals surface area contributed by atoms with Crippen molar-refractivity contribution in [3.8, 4) is 0 Å². The van der Waals surface area contributed by atoms with E-state index in [0.717, 1.165) is 31.6 Å². The van der Waals surface area contributed by atoms with Crippen molar-refractivity contribution < 1.29 is 4.79 Å². The normalized spacial score (nSPS) is 15.0. The van der Waals surface area contributed by atoms with Gasteiger partial charge in [0.1, 0.15) is 0 Å². The molecule has 0 atom stereocenters. The summed E-state index contributed by atoms with van der Waals surface area (Å²) < 4.78 is 0. The maximum Gasteiger partial charge on any atom is 0.251 e. The van der Waals surface area contributed by atoms with Crippen LogP contribution in [0, 0.1) is 0 Å². The minimum Gasteiger partial charge on any atom is -0.390 e. The molecule has 2 heterocycles. The third-order valence-corrected chi connectivity index (χ3v) is 5.53. The van der Waals surface area contributed by atoms with E-state index in [1.54, 1.807) is 0 Å². The fraction of sp³-hybridized carbons (Fsp3) is 0.706. The van der Waals surface area contributed by atoms with Crippen molar-refractivity contribution >= 4 is 22.2 Å². The molecular formula is C17H29N3OS. The number of nitrogens with zero attached hydrogens (tertiary/aromatic N) is 1. The third kappa shape index (κ3) is 4.46. The topological polar surface area (TPSA) is 72.3 Å². The first-order valence-electron chi connectivity index (χ1n) is 8.55. The Hall–Kier alpha value is -1.07. The van der Waals surface area contributed by atoms with Gasteiger partial charge in [0.15, 0.2) is 0 Å². The van der Waals surface area contributed by atoms with Gasteiger partial charge in [-0.1, -0.05) is 45.4 Å². The van der Waals surface area contributed by atoms with Crippen molar-refractivity contribution in [2.75, 3.05) is 18.8 Å². The van der Waals surface area contributed by atoms with Gasteiger partial charge in [0.05, 0.1) is 10.6 Å². The number of thiophene rings is 1. The number of anilines is 1. The number of amides is 1. The van der Waals surface area contributed by atoms with Crippen LogP contribution in [-0.4, -0.2) is 23.9 Å². The van der Waals surface area contributed by atoms with Crippen LogP contribution < -0.4 is 11.5 Å². The maximum absolute atomic E-state index is 11.5. The molecular weight excluding hydrogens is 294 g/mol. The molecule has 1 aromatic rings. The van der Waals surface area contributed by atoms with Gasteiger partial charge in [0, 0.05) is 18.0 Å². The molecule has 0 radical (unpaired) electrons. The number of unbranched alkanes of at least 4 members (excludes halogenated alkanes) is 6. The van der Waals surface area contributed by atoms with Crippen LogP contribution in [0.15, 0.2) is 0 Å². The Labute approximate surface area is 137 Å². The molecule has 22 heavy (non-hydrogen) atoms. The fourth-order valence-electron chi connectivity index (χ4n) is 3.23. The molecule has 0 saturated heterocycles. The SMILES string of the molecule is CCCCCCCCCN1CCc2c(sc(N)c2C(N)=O)C1. The van der Waals surface area contributed by atoms with E-state index in [1.165, 1.54) is 61.2 Å². The minimum atomic E-state index is -0.379. The van der Waals surface area contributed by atoms with Crippen LogP contribution in [0.1, 0.15) is 72.7 Å². The van der Waals surface area contributed by atoms with Crippen LogP contribution in [0.4, 0.5) is 5.00 Å². The molecule has 2 rings (SSSR count). The Morgan fingerprint density at radius 3 is 2.55 bits per heavy atom. The predicted octanol–water partition coefficient (Wildman–Crippen LogP) is 3.54.